The molecule has 30 heavy (non-hydrogen) atoms. The Hall–Kier alpha value is -2.45. The van der Waals surface area contributed by atoms with Crippen LogP contribution < -0.4 is 0 Å². The minimum Gasteiger partial charge on any atom is -0.507 e. The SMILES string of the molecule is CC(C)c1nc(-c2ccc(C(F)(F)F)cc2)sc1C(=O)C=Cc1ccc(O)c(Br)c1. The van der Waals surface area contributed by atoms with Crippen LogP contribution in [-0.2, 0) is 6.18 Å². The fourth-order valence-electron chi connectivity index (χ4n) is 2.70. The van der Waals surface area contributed by atoms with Crippen molar-refractivity contribution in [3.8, 4) is 16.3 Å². The topological polar surface area (TPSA) is 50.2 Å². The zero-order valence-electron chi connectivity index (χ0n) is 16.0. The van der Waals surface area contributed by atoms with E-state index in [1.54, 1.807) is 18.2 Å². The van der Waals surface area contributed by atoms with Crippen LogP contribution in [0.5, 0.6) is 5.75 Å². The van der Waals surface area contributed by atoms with Gasteiger partial charge >= 0.3 is 6.18 Å². The maximum Gasteiger partial charge on any atom is 0.416 e. The lowest BCUT2D eigenvalue weighted by molar-refractivity contribution is -0.137. The normalized spacial score (nSPS) is 12.1. The van der Waals surface area contributed by atoms with Gasteiger partial charge in [-0.2, -0.15) is 13.2 Å². The monoisotopic (exact) mass is 495 g/mol. The first-order chi connectivity index (χ1) is 14.1. The van der Waals surface area contributed by atoms with Gasteiger partial charge in [0.05, 0.1) is 20.6 Å². The summed E-state index contributed by atoms with van der Waals surface area (Å²) in [4.78, 5) is 17.8. The number of nitrogens with zero attached hydrogens (tertiary/aromatic N) is 1. The molecule has 0 aliphatic heterocycles. The summed E-state index contributed by atoms with van der Waals surface area (Å²) >= 11 is 4.39. The van der Waals surface area contributed by atoms with Crippen molar-refractivity contribution in [3.63, 3.8) is 0 Å². The molecule has 1 aromatic heterocycles. The van der Waals surface area contributed by atoms with E-state index in [4.69, 9.17) is 0 Å². The lowest BCUT2D eigenvalue weighted by Crippen LogP contribution is -2.03. The van der Waals surface area contributed by atoms with Gasteiger partial charge < -0.3 is 5.11 Å². The number of halogens is 4. The molecular formula is C22H17BrF3NO2S. The molecule has 0 fully saturated rings. The Bertz CT molecular complexity index is 1100. The third-order valence-electron chi connectivity index (χ3n) is 4.28. The number of hydrogen-bond acceptors (Lipinski definition) is 4. The van der Waals surface area contributed by atoms with Crippen molar-refractivity contribution in [1.29, 1.82) is 0 Å². The van der Waals surface area contributed by atoms with E-state index in [0.29, 0.717) is 25.6 Å². The highest BCUT2D eigenvalue weighted by Crippen LogP contribution is 2.35. The van der Waals surface area contributed by atoms with E-state index in [2.05, 4.69) is 20.9 Å². The largest absolute Gasteiger partial charge is 0.507 e. The first-order valence-corrected chi connectivity index (χ1v) is 10.6. The fourth-order valence-corrected chi connectivity index (χ4v) is 4.24. The van der Waals surface area contributed by atoms with E-state index in [0.717, 1.165) is 29.0 Å². The van der Waals surface area contributed by atoms with Gasteiger partial charge in [-0.1, -0.05) is 38.1 Å². The fraction of sp³-hybridized carbons (Fsp3) is 0.182. The number of benzene rings is 2. The molecule has 0 atom stereocenters. The van der Waals surface area contributed by atoms with Gasteiger partial charge in [0, 0.05) is 5.56 Å². The summed E-state index contributed by atoms with van der Waals surface area (Å²) in [5.41, 5.74) is 1.13. The molecule has 0 unspecified atom stereocenters. The number of rotatable bonds is 5. The van der Waals surface area contributed by atoms with Crippen molar-refractivity contribution in [3.05, 3.63) is 74.7 Å². The molecule has 0 bridgehead atoms. The zero-order valence-corrected chi connectivity index (χ0v) is 18.4. The quantitative estimate of drug-likeness (QED) is 0.298. The van der Waals surface area contributed by atoms with Crippen LogP contribution in [0.15, 0.2) is 53.0 Å². The van der Waals surface area contributed by atoms with E-state index in [-0.39, 0.29) is 17.5 Å². The number of aromatic hydroxyl groups is 1. The molecule has 3 aromatic rings. The van der Waals surface area contributed by atoms with Gasteiger partial charge in [0.15, 0.2) is 5.78 Å². The number of hydrogen-bond donors (Lipinski definition) is 1. The van der Waals surface area contributed by atoms with Crippen molar-refractivity contribution < 1.29 is 23.1 Å². The van der Waals surface area contributed by atoms with E-state index >= 15 is 0 Å². The Balaban J connectivity index is 1.91. The van der Waals surface area contributed by atoms with Crippen molar-refractivity contribution in [2.24, 2.45) is 0 Å². The molecule has 2 aromatic carbocycles. The Kier molecular flexibility index (Phi) is 6.47. The van der Waals surface area contributed by atoms with Crippen LogP contribution in [0.3, 0.4) is 0 Å². The molecule has 1 N–H and O–H groups in total. The average molecular weight is 496 g/mol. The Morgan fingerprint density at radius 1 is 1.17 bits per heavy atom. The Morgan fingerprint density at radius 3 is 2.40 bits per heavy atom. The highest BCUT2D eigenvalue weighted by molar-refractivity contribution is 9.10. The smallest absolute Gasteiger partial charge is 0.416 e. The average Bonchev–Trinajstić information content (AvgIpc) is 3.14. The standard InChI is InChI=1S/C22H17BrF3NO2S/c1-12(2)19-20(18(29)10-4-13-3-9-17(28)16(23)11-13)30-21(27-19)14-5-7-15(8-6-14)22(24,25)26/h3-12,28H,1-2H3. The van der Waals surface area contributed by atoms with Crippen LogP contribution >= 0.6 is 27.3 Å². The number of phenolic OH excluding ortho intramolecular Hbond substituents is 1. The summed E-state index contributed by atoms with van der Waals surface area (Å²) in [5, 5.41) is 10.1. The third-order valence-corrected chi connectivity index (χ3v) is 6.05. The van der Waals surface area contributed by atoms with E-state index < -0.39 is 11.7 Å². The summed E-state index contributed by atoms with van der Waals surface area (Å²) < 4.78 is 38.9. The van der Waals surface area contributed by atoms with Gasteiger partial charge in [-0.15, -0.1) is 11.3 Å². The molecule has 0 amide bonds. The second-order valence-electron chi connectivity index (χ2n) is 6.87. The van der Waals surface area contributed by atoms with Gasteiger partial charge in [-0.25, -0.2) is 4.98 Å². The molecule has 3 rings (SSSR count). The minimum atomic E-state index is -4.40. The van der Waals surface area contributed by atoms with Crippen LogP contribution in [0.2, 0.25) is 0 Å². The molecule has 8 heteroatoms. The highest BCUT2D eigenvalue weighted by Gasteiger charge is 2.30. The molecule has 0 saturated carbocycles. The van der Waals surface area contributed by atoms with Crippen LogP contribution in [0.25, 0.3) is 16.6 Å². The van der Waals surface area contributed by atoms with Crippen molar-refractivity contribution in [1.82, 2.24) is 4.98 Å². The highest BCUT2D eigenvalue weighted by atomic mass is 79.9. The second-order valence-corrected chi connectivity index (χ2v) is 8.73. The molecule has 3 nitrogen and oxygen atoms in total. The summed E-state index contributed by atoms with van der Waals surface area (Å²) in [5.74, 6) is -0.164. The van der Waals surface area contributed by atoms with Gasteiger partial charge in [-0.05, 0) is 57.8 Å². The number of ketones is 1. The lowest BCUT2D eigenvalue weighted by Gasteiger charge is -2.06. The molecule has 1 heterocycles. The molecule has 0 spiro atoms. The van der Waals surface area contributed by atoms with Crippen molar-refractivity contribution >= 4 is 39.1 Å². The van der Waals surface area contributed by atoms with Gasteiger partial charge in [0.25, 0.3) is 0 Å². The Morgan fingerprint density at radius 2 is 1.83 bits per heavy atom. The van der Waals surface area contributed by atoms with E-state index in [9.17, 15) is 23.1 Å². The molecule has 156 valence electrons. The number of phenols is 1. The first-order valence-electron chi connectivity index (χ1n) is 8.95. The van der Waals surface area contributed by atoms with Crippen LogP contribution in [0.4, 0.5) is 13.2 Å². The van der Waals surface area contributed by atoms with Gasteiger partial charge in [0.1, 0.15) is 10.8 Å². The van der Waals surface area contributed by atoms with E-state index in [1.807, 2.05) is 13.8 Å². The number of carbonyl (C=O) groups excluding carboxylic acids is 1. The summed E-state index contributed by atoms with van der Waals surface area (Å²) in [7, 11) is 0. The summed E-state index contributed by atoms with van der Waals surface area (Å²) in [6.07, 6.45) is -1.34. The maximum absolute atomic E-state index is 12.8. The number of aromatic nitrogens is 1. The molecule has 0 aliphatic carbocycles. The Labute approximate surface area is 184 Å². The second kappa shape index (κ2) is 8.73. The van der Waals surface area contributed by atoms with Crippen molar-refractivity contribution in [2.75, 3.05) is 0 Å². The molecular weight excluding hydrogens is 479 g/mol. The molecule has 0 aliphatic rings. The maximum atomic E-state index is 12.8. The predicted octanol–water partition coefficient (Wildman–Crippen LogP) is 7.32. The number of alkyl halides is 3. The van der Waals surface area contributed by atoms with Crippen LogP contribution in [0.1, 0.15) is 46.3 Å². The van der Waals surface area contributed by atoms with Crippen molar-refractivity contribution in [2.45, 2.75) is 25.9 Å². The number of allylic oxidation sites excluding steroid dienone is 1. The molecule has 0 radical (unpaired) electrons. The van der Waals surface area contributed by atoms with Gasteiger partial charge in [-0.3, -0.25) is 4.79 Å². The minimum absolute atomic E-state index is 0.0281. The lowest BCUT2D eigenvalue weighted by atomic mass is 10.1. The van der Waals surface area contributed by atoms with Crippen LogP contribution in [0, 0.1) is 0 Å². The first kappa shape index (κ1) is 22.2. The zero-order chi connectivity index (χ0) is 22.1. The van der Waals surface area contributed by atoms with E-state index in [1.165, 1.54) is 24.3 Å². The van der Waals surface area contributed by atoms with Crippen LogP contribution in [-0.4, -0.2) is 15.9 Å². The third kappa shape index (κ3) is 4.99. The molecule has 0 saturated heterocycles. The predicted molar refractivity (Wildman–Crippen MR) is 116 cm³/mol. The number of carbonyl (C=O) groups is 1. The van der Waals surface area contributed by atoms with Gasteiger partial charge in [0.2, 0.25) is 0 Å². The summed E-state index contributed by atoms with van der Waals surface area (Å²) in [6.45, 7) is 3.81. The number of thiazole rings is 1. The summed E-state index contributed by atoms with van der Waals surface area (Å²) in [6, 6.07) is 9.62.